The molecule has 0 N–H and O–H groups in total. The summed E-state index contributed by atoms with van der Waals surface area (Å²) in [5, 5.41) is 0. The SMILES string of the molecule is O=[C]([Al])c1ccc(C(c2ccccc2)c2ccccc2)cc1. The molecule has 0 atom stereocenters. The quantitative estimate of drug-likeness (QED) is 0.522. The molecular formula is C20H15AlO. The van der Waals surface area contributed by atoms with Crippen LogP contribution in [-0.4, -0.2) is 20.9 Å². The molecule has 0 spiro atoms. The minimum absolute atomic E-state index is 0.0162. The van der Waals surface area contributed by atoms with Crippen LogP contribution in [0.5, 0.6) is 0 Å². The third-order valence-corrected chi connectivity index (χ3v) is 4.13. The molecule has 0 aliphatic rings. The molecule has 0 bridgehead atoms. The maximum Gasteiger partial charge on any atom is 0.250 e. The summed E-state index contributed by atoms with van der Waals surface area (Å²) in [4.78, 5) is 11.4. The molecule has 2 radical (unpaired) electrons. The second kappa shape index (κ2) is 6.75. The number of hydrogen-bond donors (Lipinski definition) is 0. The number of hydrogen-bond acceptors (Lipinski definition) is 1. The van der Waals surface area contributed by atoms with Crippen molar-refractivity contribution in [3.63, 3.8) is 0 Å². The Morgan fingerprint density at radius 3 is 1.45 bits per heavy atom. The highest BCUT2D eigenvalue weighted by atomic mass is 27.0. The summed E-state index contributed by atoms with van der Waals surface area (Å²) in [5.74, 6) is 0.177. The Bertz CT molecular complexity index is 709. The molecule has 0 amide bonds. The number of rotatable bonds is 4. The maximum atomic E-state index is 11.4. The highest BCUT2D eigenvalue weighted by Gasteiger charge is 2.16. The van der Waals surface area contributed by atoms with Crippen LogP contribution in [0.2, 0.25) is 0 Å². The molecule has 0 saturated heterocycles. The number of benzene rings is 3. The predicted molar refractivity (Wildman–Crippen MR) is 90.4 cm³/mol. The standard InChI is InChI=1S/C20H15O.Al/c21-15-16-11-13-19(14-12-16)20(17-7-3-1-4-8-17)18-9-5-2-6-10-18;/h1-14,20H;. The smallest absolute Gasteiger partial charge is 0.250 e. The van der Waals surface area contributed by atoms with E-state index < -0.39 is 0 Å². The van der Waals surface area contributed by atoms with E-state index in [1.165, 1.54) is 16.7 Å². The van der Waals surface area contributed by atoms with Crippen LogP contribution in [0.4, 0.5) is 0 Å². The van der Waals surface area contributed by atoms with Crippen LogP contribution in [0.3, 0.4) is 0 Å². The van der Waals surface area contributed by atoms with E-state index in [9.17, 15) is 4.79 Å². The maximum absolute atomic E-state index is 11.4. The average molecular weight is 298 g/mol. The Labute approximate surface area is 139 Å². The minimum atomic E-state index is 0.0162. The second-order valence-electron chi connectivity index (χ2n) is 5.24. The van der Waals surface area contributed by atoms with Crippen molar-refractivity contribution in [1.82, 2.24) is 0 Å². The van der Waals surface area contributed by atoms with Gasteiger partial charge in [0.1, 0.15) is 0 Å². The monoisotopic (exact) mass is 298 g/mol. The van der Waals surface area contributed by atoms with Gasteiger partial charge in [-0.05, 0) is 22.3 Å². The highest BCUT2D eigenvalue weighted by Crippen LogP contribution is 2.31. The molecule has 2 heteroatoms. The van der Waals surface area contributed by atoms with Crippen molar-refractivity contribution in [2.45, 2.75) is 5.92 Å². The number of carbonyl (C=O) groups excluding carboxylic acids is 1. The minimum Gasteiger partial charge on any atom is -0.318 e. The molecule has 22 heavy (non-hydrogen) atoms. The summed E-state index contributed by atoms with van der Waals surface area (Å²) in [7, 11) is 0. The van der Waals surface area contributed by atoms with Crippen LogP contribution in [0.1, 0.15) is 33.0 Å². The van der Waals surface area contributed by atoms with E-state index in [-0.39, 0.29) is 10.6 Å². The van der Waals surface area contributed by atoms with Gasteiger partial charge in [-0.2, -0.15) is 0 Å². The Hall–Kier alpha value is -2.14. The fraction of sp³-hybridized carbons (Fsp3) is 0.0500. The third kappa shape index (κ3) is 3.20. The molecule has 3 rings (SSSR count). The zero-order valence-electron chi connectivity index (χ0n) is 12.1. The van der Waals surface area contributed by atoms with Crippen LogP contribution >= 0.6 is 0 Å². The van der Waals surface area contributed by atoms with Crippen LogP contribution in [0, 0.1) is 0 Å². The largest absolute Gasteiger partial charge is 0.318 e. The first kappa shape index (κ1) is 14.8. The number of carbonyl (C=O) groups is 1. The predicted octanol–water partition coefficient (Wildman–Crippen LogP) is 4.18. The van der Waals surface area contributed by atoms with Gasteiger partial charge in [-0.3, -0.25) is 0 Å². The van der Waals surface area contributed by atoms with Crippen molar-refractivity contribution >= 4 is 20.9 Å². The van der Waals surface area contributed by atoms with Crippen LogP contribution in [0.15, 0.2) is 84.9 Å². The summed E-state index contributed by atoms with van der Waals surface area (Å²) in [6.07, 6.45) is 0. The molecule has 104 valence electrons. The Morgan fingerprint density at radius 2 is 1.05 bits per heavy atom. The van der Waals surface area contributed by atoms with Gasteiger partial charge >= 0.3 is 0 Å². The highest BCUT2D eigenvalue weighted by molar-refractivity contribution is 6.62. The first-order chi connectivity index (χ1) is 10.8. The fourth-order valence-electron chi connectivity index (χ4n) is 2.71. The molecule has 1 nitrogen and oxygen atoms in total. The molecule has 0 heterocycles. The van der Waals surface area contributed by atoms with Crippen molar-refractivity contribution in [2.24, 2.45) is 0 Å². The molecule has 0 fully saturated rings. The lowest BCUT2D eigenvalue weighted by molar-refractivity contribution is 0.108. The van der Waals surface area contributed by atoms with Gasteiger partial charge < -0.3 is 4.79 Å². The molecule has 3 aromatic carbocycles. The van der Waals surface area contributed by atoms with Crippen LogP contribution in [-0.2, 0) is 0 Å². The topological polar surface area (TPSA) is 17.1 Å². The summed E-state index contributed by atoms with van der Waals surface area (Å²) >= 11 is 2.22. The van der Waals surface area contributed by atoms with Crippen molar-refractivity contribution in [1.29, 1.82) is 0 Å². The fourth-order valence-corrected chi connectivity index (χ4v) is 2.90. The lowest BCUT2D eigenvalue weighted by atomic mass is 9.85. The van der Waals surface area contributed by atoms with Gasteiger partial charge in [0.2, 0.25) is 0 Å². The van der Waals surface area contributed by atoms with Gasteiger partial charge in [0.25, 0.3) is 16.3 Å². The molecule has 0 aliphatic carbocycles. The van der Waals surface area contributed by atoms with E-state index in [2.05, 4.69) is 64.8 Å². The van der Waals surface area contributed by atoms with Gasteiger partial charge in [-0.25, -0.2) is 0 Å². The normalized spacial score (nSPS) is 10.6. The van der Waals surface area contributed by atoms with Gasteiger partial charge in [-0.15, -0.1) is 0 Å². The van der Waals surface area contributed by atoms with E-state index in [0.717, 1.165) is 0 Å². The van der Waals surface area contributed by atoms with Gasteiger partial charge in [0.05, 0.1) is 4.65 Å². The second-order valence-corrected chi connectivity index (χ2v) is 5.77. The van der Waals surface area contributed by atoms with E-state index in [4.69, 9.17) is 0 Å². The first-order valence-electron chi connectivity index (χ1n) is 7.25. The van der Waals surface area contributed by atoms with Gasteiger partial charge in [0, 0.05) is 5.92 Å². The van der Waals surface area contributed by atoms with Crippen molar-refractivity contribution in [3.8, 4) is 0 Å². The molecule has 3 aromatic rings. The lowest BCUT2D eigenvalue weighted by Gasteiger charge is -2.19. The first-order valence-corrected chi connectivity index (χ1v) is 7.83. The van der Waals surface area contributed by atoms with E-state index >= 15 is 0 Å². The van der Waals surface area contributed by atoms with E-state index in [0.29, 0.717) is 5.56 Å². The van der Waals surface area contributed by atoms with Gasteiger partial charge in [0.15, 0.2) is 0 Å². The van der Waals surface area contributed by atoms with Crippen LogP contribution < -0.4 is 0 Å². The van der Waals surface area contributed by atoms with Crippen molar-refractivity contribution in [3.05, 3.63) is 107 Å². The zero-order chi connectivity index (χ0) is 15.4. The molecule has 0 saturated carbocycles. The zero-order valence-corrected chi connectivity index (χ0v) is 13.3. The molecular weight excluding hydrogens is 283 g/mol. The summed E-state index contributed by atoms with van der Waals surface area (Å²) < 4.78 is 0.0162. The van der Waals surface area contributed by atoms with Crippen LogP contribution in [0.25, 0.3) is 0 Å². The summed E-state index contributed by atoms with van der Waals surface area (Å²) in [5.41, 5.74) is 4.40. The Kier molecular flexibility index (Phi) is 4.54. The molecule has 0 aromatic heterocycles. The Balaban J connectivity index is 2.08. The lowest BCUT2D eigenvalue weighted by Crippen LogP contribution is -2.04. The molecule has 0 unspecified atom stereocenters. The van der Waals surface area contributed by atoms with E-state index in [1.807, 2.05) is 36.4 Å². The van der Waals surface area contributed by atoms with Crippen molar-refractivity contribution < 1.29 is 4.79 Å². The average Bonchev–Trinajstić information content (AvgIpc) is 2.57. The molecule has 0 aliphatic heterocycles. The summed E-state index contributed by atoms with van der Waals surface area (Å²) in [6, 6.07) is 28.8. The van der Waals surface area contributed by atoms with Gasteiger partial charge in [-0.1, -0.05) is 84.9 Å². The van der Waals surface area contributed by atoms with Crippen molar-refractivity contribution in [2.75, 3.05) is 0 Å². The Morgan fingerprint density at radius 1 is 0.636 bits per heavy atom. The van der Waals surface area contributed by atoms with E-state index in [1.54, 1.807) is 0 Å². The summed E-state index contributed by atoms with van der Waals surface area (Å²) in [6.45, 7) is 0. The third-order valence-electron chi connectivity index (χ3n) is 3.79.